The van der Waals surface area contributed by atoms with Crippen molar-refractivity contribution in [1.29, 1.82) is 0 Å². The molecule has 82 valence electrons. The number of benzene rings is 1. The van der Waals surface area contributed by atoms with Crippen molar-refractivity contribution < 1.29 is 8.42 Å². The molecule has 1 fully saturated rings. The number of rotatable bonds is 3. The minimum atomic E-state index is -3.26. The van der Waals surface area contributed by atoms with Crippen molar-refractivity contribution in [2.75, 3.05) is 7.05 Å². The Morgan fingerprint density at radius 3 is 2.53 bits per heavy atom. The van der Waals surface area contributed by atoms with Crippen LogP contribution >= 0.6 is 0 Å². The van der Waals surface area contributed by atoms with Crippen molar-refractivity contribution in [3.05, 3.63) is 29.8 Å². The quantitative estimate of drug-likeness (QED) is 0.786. The third-order valence-electron chi connectivity index (χ3n) is 2.73. The van der Waals surface area contributed by atoms with Crippen molar-refractivity contribution in [3.63, 3.8) is 0 Å². The van der Waals surface area contributed by atoms with Gasteiger partial charge in [0, 0.05) is 13.1 Å². The minimum absolute atomic E-state index is 0.218. The molecule has 1 aromatic carbocycles. The number of hydrogen-bond donors (Lipinski definition) is 0. The number of sulfonamides is 1. The zero-order chi connectivity index (χ0) is 11.1. The lowest BCUT2D eigenvalue weighted by Crippen LogP contribution is -2.28. The summed E-state index contributed by atoms with van der Waals surface area (Å²) in [4.78, 5) is 0.400. The molecule has 0 amide bonds. The van der Waals surface area contributed by atoms with Gasteiger partial charge in [-0.1, -0.05) is 12.1 Å². The summed E-state index contributed by atoms with van der Waals surface area (Å²) >= 11 is 0. The second-order valence-corrected chi connectivity index (χ2v) is 6.07. The summed E-state index contributed by atoms with van der Waals surface area (Å²) in [5, 5.41) is 0. The number of nitrogens with zero attached hydrogens (tertiary/aromatic N) is 1. The van der Waals surface area contributed by atoms with Crippen molar-refractivity contribution in [2.45, 2.75) is 30.7 Å². The van der Waals surface area contributed by atoms with Crippen LogP contribution in [-0.2, 0) is 10.0 Å². The van der Waals surface area contributed by atoms with Gasteiger partial charge in [-0.3, -0.25) is 0 Å². The van der Waals surface area contributed by atoms with Crippen molar-refractivity contribution >= 4 is 10.0 Å². The lowest BCUT2D eigenvalue weighted by molar-refractivity contribution is 0.464. The fourth-order valence-corrected chi connectivity index (χ4v) is 3.10. The monoisotopic (exact) mass is 225 g/mol. The van der Waals surface area contributed by atoms with Gasteiger partial charge in [0.1, 0.15) is 0 Å². The lowest BCUT2D eigenvalue weighted by atomic mass is 10.2. The molecule has 0 radical (unpaired) electrons. The van der Waals surface area contributed by atoms with Crippen molar-refractivity contribution in [1.82, 2.24) is 4.31 Å². The highest BCUT2D eigenvalue weighted by molar-refractivity contribution is 7.89. The maximum absolute atomic E-state index is 12.1. The van der Waals surface area contributed by atoms with E-state index >= 15 is 0 Å². The molecule has 0 unspecified atom stereocenters. The van der Waals surface area contributed by atoms with E-state index in [1.54, 1.807) is 25.2 Å². The molecule has 0 N–H and O–H groups in total. The standard InChI is InChI=1S/C11H15NO2S/c1-9-4-3-5-11(8-9)15(13,14)12(2)10-6-7-10/h3-5,8,10H,6-7H2,1-2H3. The lowest BCUT2D eigenvalue weighted by Gasteiger charge is -2.16. The van der Waals surface area contributed by atoms with Gasteiger partial charge in [0.05, 0.1) is 4.90 Å². The third-order valence-corrected chi connectivity index (χ3v) is 4.63. The molecule has 3 nitrogen and oxygen atoms in total. The molecule has 0 heterocycles. The van der Waals surface area contributed by atoms with Crippen molar-refractivity contribution in [3.8, 4) is 0 Å². The molecular formula is C11H15NO2S. The van der Waals surface area contributed by atoms with E-state index in [4.69, 9.17) is 0 Å². The van der Waals surface area contributed by atoms with Gasteiger partial charge in [0.25, 0.3) is 0 Å². The molecule has 15 heavy (non-hydrogen) atoms. The summed E-state index contributed by atoms with van der Waals surface area (Å²) < 4.78 is 25.7. The van der Waals surface area contributed by atoms with Gasteiger partial charge in [0.2, 0.25) is 10.0 Å². The molecule has 2 rings (SSSR count). The molecule has 0 aliphatic heterocycles. The summed E-state index contributed by atoms with van der Waals surface area (Å²) in [7, 11) is -1.60. The van der Waals surface area contributed by atoms with Crippen LogP contribution in [0.2, 0.25) is 0 Å². The van der Waals surface area contributed by atoms with E-state index in [2.05, 4.69) is 0 Å². The van der Waals surface area contributed by atoms with Gasteiger partial charge in [0.15, 0.2) is 0 Å². The van der Waals surface area contributed by atoms with Crippen LogP contribution in [0, 0.1) is 6.92 Å². The van der Waals surface area contributed by atoms with E-state index in [0.717, 1.165) is 18.4 Å². The van der Waals surface area contributed by atoms with E-state index in [1.807, 2.05) is 13.0 Å². The maximum atomic E-state index is 12.1. The van der Waals surface area contributed by atoms with Crippen LogP contribution in [0.15, 0.2) is 29.2 Å². The van der Waals surface area contributed by atoms with E-state index in [1.165, 1.54) is 4.31 Å². The Morgan fingerprint density at radius 2 is 2.00 bits per heavy atom. The Hall–Kier alpha value is -0.870. The Balaban J connectivity index is 2.36. The molecule has 0 atom stereocenters. The van der Waals surface area contributed by atoms with Crippen LogP contribution in [0.3, 0.4) is 0 Å². The molecule has 0 spiro atoms. The first-order valence-electron chi connectivity index (χ1n) is 5.06. The highest BCUT2D eigenvalue weighted by atomic mass is 32.2. The van der Waals surface area contributed by atoms with Crippen LogP contribution in [0.1, 0.15) is 18.4 Å². The first kappa shape index (κ1) is 10.6. The van der Waals surface area contributed by atoms with Gasteiger partial charge >= 0.3 is 0 Å². The predicted octanol–water partition coefficient (Wildman–Crippen LogP) is 1.78. The normalized spacial score (nSPS) is 17.0. The first-order chi connectivity index (χ1) is 7.01. The highest BCUT2D eigenvalue weighted by Gasteiger charge is 2.34. The topological polar surface area (TPSA) is 37.4 Å². The Bertz CT molecular complexity index is 463. The fourth-order valence-electron chi connectivity index (χ4n) is 1.58. The second kappa shape index (κ2) is 3.61. The summed E-state index contributed by atoms with van der Waals surface area (Å²) in [5.41, 5.74) is 0.972. The van der Waals surface area contributed by atoms with E-state index < -0.39 is 10.0 Å². The Labute approximate surface area is 90.8 Å². The van der Waals surface area contributed by atoms with Crippen LogP contribution in [0.5, 0.6) is 0 Å². The smallest absolute Gasteiger partial charge is 0.207 e. The number of hydrogen-bond acceptors (Lipinski definition) is 2. The molecule has 1 saturated carbocycles. The van der Waals surface area contributed by atoms with Crippen LogP contribution in [0.25, 0.3) is 0 Å². The third kappa shape index (κ3) is 2.06. The van der Waals surface area contributed by atoms with Crippen LogP contribution in [0.4, 0.5) is 0 Å². The van der Waals surface area contributed by atoms with Crippen LogP contribution in [-0.4, -0.2) is 25.8 Å². The van der Waals surface area contributed by atoms with Crippen LogP contribution < -0.4 is 0 Å². The van der Waals surface area contributed by atoms with Gasteiger partial charge in [-0.15, -0.1) is 0 Å². The molecule has 1 aromatic rings. The zero-order valence-electron chi connectivity index (χ0n) is 8.97. The summed E-state index contributed by atoms with van der Waals surface area (Å²) in [6, 6.07) is 7.27. The summed E-state index contributed by atoms with van der Waals surface area (Å²) in [6.45, 7) is 1.90. The molecule has 1 aliphatic rings. The average Bonchev–Trinajstić information content (AvgIpc) is 3.00. The second-order valence-electron chi connectivity index (χ2n) is 4.07. The van der Waals surface area contributed by atoms with Crippen molar-refractivity contribution in [2.24, 2.45) is 0 Å². The highest BCUT2D eigenvalue weighted by Crippen LogP contribution is 2.30. The largest absolute Gasteiger partial charge is 0.243 e. The molecule has 4 heteroatoms. The van der Waals surface area contributed by atoms with E-state index in [-0.39, 0.29) is 6.04 Å². The molecular weight excluding hydrogens is 210 g/mol. The molecule has 1 aliphatic carbocycles. The van der Waals surface area contributed by atoms with Gasteiger partial charge in [-0.25, -0.2) is 8.42 Å². The van der Waals surface area contributed by atoms with Gasteiger partial charge in [-0.05, 0) is 37.5 Å². The molecule has 0 saturated heterocycles. The summed E-state index contributed by atoms with van der Waals surface area (Å²) in [5.74, 6) is 0. The molecule has 0 aromatic heterocycles. The molecule has 0 bridgehead atoms. The van der Waals surface area contributed by atoms with Gasteiger partial charge in [-0.2, -0.15) is 4.31 Å². The van der Waals surface area contributed by atoms with Gasteiger partial charge < -0.3 is 0 Å². The van der Waals surface area contributed by atoms with E-state index in [0.29, 0.717) is 4.90 Å². The Kier molecular flexibility index (Phi) is 2.56. The summed E-state index contributed by atoms with van der Waals surface area (Å²) in [6.07, 6.45) is 1.98. The number of aryl methyl sites for hydroxylation is 1. The minimum Gasteiger partial charge on any atom is -0.207 e. The fraction of sp³-hybridized carbons (Fsp3) is 0.455. The maximum Gasteiger partial charge on any atom is 0.243 e. The zero-order valence-corrected chi connectivity index (χ0v) is 9.79. The Morgan fingerprint density at radius 1 is 1.33 bits per heavy atom. The SMILES string of the molecule is Cc1cccc(S(=O)(=O)N(C)C2CC2)c1. The first-order valence-corrected chi connectivity index (χ1v) is 6.50. The van der Waals surface area contributed by atoms with E-state index in [9.17, 15) is 8.42 Å². The predicted molar refractivity (Wildman–Crippen MR) is 59.1 cm³/mol. The average molecular weight is 225 g/mol.